The Kier molecular flexibility index (Phi) is 7.54. The molecule has 0 radical (unpaired) electrons. The van der Waals surface area contributed by atoms with Gasteiger partial charge in [-0.3, -0.25) is 0 Å². The molecule has 0 bridgehead atoms. The number of rotatable bonds is 6. The van der Waals surface area contributed by atoms with Crippen LogP contribution in [-0.4, -0.2) is 9.97 Å². The average molecular weight is 728 g/mol. The fraction of sp³-hybridized carbons (Fsp3) is 0.0417. The first-order chi connectivity index (χ1) is 25.3. The number of benzene rings is 6. The molecule has 2 aromatic heterocycles. The van der Waals surface area contributed by atoms with Gasteiger partial charge in [0.15, 0.2) is 0 Å². The van der Waals surface area contributed by atoms with Crippen molar-refractivity contribution in [3.63, 3.8) is 0 Å². The molecule has 2 nitrogen and oxygen atoms in total. The van der Waals surface area contributed by atoms with Crippen molar-refractivity contribution < 1.29 is 23.2 Å². The Hall–Kier alpha value is -5.50. The van der Waals surface area contributed by atoms with Crippen molar-refractivity contribution in [3.05, 3.63) is 204 Å². The summed E-state index contributed by atoms with van der Waals surface area (Å²) in [5.74, 6) is 0. The van der Waals surface area contributed by atoms with Crippen LogP contribution >= 0.6 is 0 Å². The Balaban J connectivity index is 1.15. The summed E-state index contributed by atoms with van der Waals surface area (Å²) in [5.41, 5.74) is 15.6. The maximum absolute atomic E-state index is 4.96. The third kappa shape index (κ3) is 5.19. The van der Waals surface area contributed by atoms with E-state index in [0.717, 1.165) is 11.4 Å². The molecule has 238 valence electrons. The summed E-state index contributed by atoms with van der Waals surface area (Å²) in [4.78, 5) is 9.91. The summed E-state index contributed by atoms with van der Waals surface area (Å²) in [6.07, 6.45) is 8.81. The predicted octanol–water partition coefficient (Wildman–Crippen LogP) is 12.1. The molecule has 2 unspecified atom stereocenters. The van der Waals surface area contributed by atoms with E-state index in [1.54, 1.807) is 0 Å². The molecule has 2 atom stereocenters. The van der Waals surface area contributed by atoms with Crippen molar-refractivity contribution in [2.75, 3.05) is 0 Å². The van der Waals surface area contributed by atoms with E-state index in [1.807, 2.05) is 24.5 Å². The van der Waals surface area contributed by atoms with Crippen LogP contribution in [0.4, 0.5) is 0 Å². The normalized spacial score (nSPS) is 16.1. The van der Waals surface area contributed by atoms with Crippen LogP contribution in [0.25, 0.3) is 67.1 Å². The van der Waals surface area contributed by atoms with Crippen molar-refractivity contribution in [2.45, 2.75) is 7.25 Å². The fourth-order valence-corrected chi connectivity index (χ4v) is 13.2. The molecule has 2 heterocycles. The minimum atomic E-state index is -1.34. The van der Waals surface area contributed by atoms with E-state index in [0.29, 0.717) is 7.25 Å². The van der Waals surface area contributed by atoms with Gasteiger partial charge in [0.25, 0.3) is 0 Å². The van der Waals surface area contributed by atoms with Crippen LogP contribution in [0.2, 0.25) is 0 Å². The van der Waals surface area contributed by atoms with Crippen LogP contribution in [0.3, 0.4) is 0 Å². The van der Waals surface area contributed by atoms with Crippen LogP contribution in [0, 0.1) is 0 Å². The fourth-order valence-electron chi connectivity index (χ4n) is 8.23. The molecule has 3 heteroatoms. The van der Waals surface area contributed by atoms with Crippen LogP contribution in [0.1, 0.15) is 40.9 Å². The molecule has 51 heavy (non-hydrogen) atoms. The monoisotopic (exact) mass is 726 g/mol. The van der Waals surface area contributed by atoms with Crippen LogP contribution in [-0.2, 0) is 23.2 Å². The number of allylic oxidation sites excluding steroid dienone is 2. The molecule has 6 aromatic carbocycles. The second kappa shape index (κ2) is 12.7. The standard InChI is InChI=1S/2C24H16N.Zr/c2*1-2-10-20-17(7-1)8-5-11-21(20)22-12-6-9-18-15-19(16-23(18)22)24-13-3-4-14-25-24;/h2*1-16H;. The second-order valence-corrected chi connectivity index (χ2v) is 17.0. The quantitative estimate of drug-likeness (QED) is 0.170. The number of aromatic nitrogens is 2. The first kappa shape index (κ1) is 30.3. The number of hydrogen-bond donors (Lipinski definition) is 0. The maximum atomic E-state index is 4.96. The summed E-state index contributed by atoms with van der Waals surface area (Å²) in [6, 6.07) is 57.5. The van der Waals surface area contributed by atoms with Crippen LogP contribution < -0.4 is 0 Å². The average Bonchev–Trinajstić information content (AvgIpc) is 3.77. The number of hydrogen-bond acceptors (Lipinski definition) is 2. The van der Waals surface area contributed by atoms with Crippen molar-refractivity contribution >= 4 is 44.8 Å². The zero-order valence-corrected chi connectivity index (χ0v) is 30.3. The first-order valence-corrected chi connectivity index (χ1v) is 20.4. The van der Waals surface area contributed by atoms with Gasteiger partial charge in [-0.1, -0.05) is 0 Å². The van der Waals surface area contributed by atoms with Gasteiger partial charge >= 0.3 is 311 Å². The summed E-state index contributed by atoms with van der Waals surface area (Å²) in [5, 5.41) is 5.11. The van der Waals surface area contributed by atoms with E-state index >= 15 is 0 Å². The van der Waals surface area contributed by atoms with Gasteiger partial charge in [-0.25, -0.2) is 0 Å². The van der Waals surface area contributed by atoms with E-state index in [1.165, 1.54) is 77.2 Å². The van der Waals surface area contributed by atoms with Crippen molar-refractivity contribution in [1.82, 2.24) is 9.97 Å². The molecule has 2 aliphatic rings. The summed E-state index contributed by atoms with van der Waals surface area (Å²) >= 11 is -1.34. The first-order valence-electron chi connectivity index (χ1n) is 17.6. The summed E-state index contributed by atoms with van der Waals surface area (Å²) in [6.45, 7) is 0. The van der Waals surface area contributed by atoms with Crippen molar-refractivity contribution in [2.24, 2.45) is 0 Å². The van der Waals surface area contributed by atoms with Gasteiger partial charge in [-0.2, -0.15) is 0 Å². The molecule has 0 N–H and O–H groups in total. The molecule has 0 saturated heterocycles. The topological polar surface area (TPSA) is 25.8 Å². The molecule has 8 aromatic rings. The van der Waals surface area contributed by atoms with E-state index in [4.69, 9.17) is 9.97 Å². The van der Waals surface area contributed by atoms with Gasteiger partial charge < -0.3 is 0 Å². The molecule has 0 amide bonds. The SMILES string of the molecule is C1=C(c2ccccn2)[CH]([Zr][CH]2C(c3ccccn3)=Cc3c(-c4cccc5ccccc45)cccc32)c2cccc(-c3cccc4ccccc34)c21. The van der Waals surface area contributed by atoms with E-state index in [9.17, 15) is 0 Å². The van der Waals surface area contributed by atoms with Crippen molar-refractivity contribution in [1.29, 1.82) is 0 Å². The van der Waals surface area contributed by atoms with E-state index < -0.39 is 23.2 Å². The van der Waals surface area contributed by atoms with Gasteiger partial charge in [0.2, 0.25) is 0 Å². The molecular formula is C48H32N2Zr. The van der Waals surface area contributed by atoms with Crippen LogP contribution in [0.5, 0.6) is 0 Å². The number of nitrogens with zero attached hydrogens (tertiary/aromatic N) is 2. The molecule has 0 saturated carbocycles. The predicted molar refractivity (Wildman–Crippen MR) is 208 cm³/mol. The van der Waals surface area contributed by atoms with Crippen molar-refractivity contribution in [3.8, 4) is 22.3 Å². The molecule has 0 spiro atoms. The Bertz CT molecular complexity index is 2480. The minimum absolute atomic E-state index is 0.317. The summed E-state index contributed by atoms with van der Waals surface area (Å²) < 4.78 is 0.635. The second-order valence-electron chi connectivity index (χ2n) is 13.3. The molecule has 2 aliphatic carbocycles. The third-order valence-electron chi connectivity index (χ3n) is 10.5. The van der Waals surface area contributed by atoms with Gasteiger partial charge in [0.1, 0.15) is 0 Å². The number of pyridine rings is 2. The molecule has 10 rings (SSSR count). The van der Waals surface area contributed by atoms with Gasteiger partial charge in [-0.05, 0) is 0 Å². The van der Waals surface area contributed by atoms with E-state index in [2.05, 4.69) is 158 Å². The zero-order valence-electron chi connectivity index (χ0n) is 27.9. The molecule has 0 fully saturated rings. The Morgan fingerprint density at radius 3 is 1.25 bits per heavy atom. The molecular weight excluding hydrogens is 696 g/mol. The molecule has 0 aliphatic heterocycles. The number of fused-ring (bicyclic) bond motifs is 4. The van der Waals surface area contributed by atoms with Gasteiger partial charge in [-0.15, -0.1) is 0 Å². The van der Waals surface area contributed by atoms with Crippen LogP contribution in [0.15, 0.2) is 170 Å². The zero-order chi connectivity index (χ0) is 33.7. The Labute approximate surface area is 309 Å². The van der Waals surface area contributed by atoms with E-state index in [-0.39, 0.29) is 0 Å². The Morgan fingerprint density at radius 2 is 0.784 bits per heavy atom. The van der Waals surface area contributed by atoms with Gasteiger partial charge in [0.05, 0.1) is 0 Å². The van der Waals surface area contributed by atoms with Gasteiger partial charge in [0, 0.05) is 0 Å². The Morgan fingerprint density at radius 1 is 0.373 bits per heavy atom. The summed E-state index contributed by atoms with van der Waals surface area (Å²) in [7, 11) is 0. The third-order valence-corrected chi connectivity index (χ3v) is 15.2.